The Hall–Kier alpha value is -3.06. The molecule has 1 heterocycles. The minimum Gasteiger partial charge on any atom is -0.508 e. The van der Waals surface area contributed by atoms with Crippen LogP contribution < -0.4 is 11.1 Å². The topological polar surface area (TPSA) is 101 Å². The van der Waals surface area contributed by atoms with Gasteiger partial charge < -0.3 is 16.2 Å². The van der Waals surface area contributed by atoms with Gasteiger partial charge in [0.2, 0.25) is 6.41 Å². The van der Waals surface area contributed by atoms with E-state index in [-0.39, 0.29) is 5.75 Å². The van der Waals surface area contributed by atoms with E-state index < -0.39 is 0 Å². The van der Waals surface area contributed by atoms with Crippen molar-refractivity contribution < 1.29 is 9.90 Å². The molecule has 0 aliphatic heterocycles. The lowest BCUT2D eigenvalue weighted by Gasteiger charge is -2.03. The van der Waals surface area contributed by atoms with E-state index in [0.717, 1.165) is 16.9 Å². The van der Waals surface area contributed by atoms with Crippen LogP contribution in [0.25, 0.3) is 11.3 Å². The summed E-state index contributed by atoms with van der Waals surface area (Å²) >= 11 is 1.68. The number of carbonyl (C=O) groups excluding carboxylic acids is 1. The number of rotatable bonds is 4. The van der Waals surface area contributed by atoms with Gasteiger partial charge in [0.15, 0.2) is 0 Å². The predicted molar refractivity (Wildman–Crippen MR) is 106 cm³/mol. The summed E-state index contributed by atoms with van der Waals surface area (Å²) in [6.07, 6.45) is 4.31. The lowest BCUT2D eigenvalue weighted by atomic mass is 10.1. The Morgan fingerprint density at radius 2 is 1.77 bits per heavy atom. The van der Waals surface area contributed by atoms with E-state index in [4.69, 9.17) is 10.8 Å². The third-order valence-corrected chi connectivity index (χ3v) is 4.21. The molecular formula is C19H20N4O2S. The summed E-state index contributed by atoms with van der Waals surface area (Å²) in [6, 6.07) is 14.5. The Kier molecular flexibility index (Phi) is 6.99. The van der Waals surface area contributed by atoms with Gasteiger partial charge in [0.1, 0.15) is 11.6 Å². The molecule has 0 bridgehead atoms. The van der Waals surface area contributed by atoms with Gasteiger partial charge in [-0.25, -0.2) is 9.97 Å². The number of anilines is 2. The van der Waals surface area contributed by atoms with Crippen molar-refractivity contribution in [1.29, 1.82) is 0 Å². The second-order valence-corrected chi connectivity index (χ2v) is 6.14. The predicted octanol–water partition coefficient (Wildman–Crippen LogP) is 3.72. The standard InChI is InChI=1S/C11H11N3O.C8H9NOS/c1-7-11(12)13-6-10(14-7)8-2-4-9(15)5-3-8;1-11-8-4-2-7(3-5-8)9-6-10/h2-6,15H,1H3,(H2,12,13);2-6H,1H3,(H,9,10). The molecule has 134 valence electrons. The summed E-state index contributed by atoms with van der Waals surface area (Å²) in [5, 5.41) is 11.7. The van der Waals surface area contributed by atoms with E-state index in [1.807, 2.05) is 37.4 Å². The number of phenolic OH excluding ortho intramolecular Hbond substituents is 1. The molecule has 2 aromatic carbocycles. The zero-order valence-electron chi connectivity index (χ0n) is 14.5. The van der Waals surface area contributed by atoms with Crippen molar-refractivity contribution in [3.05, 3.63) is 60.4 Å². The summed E-state index contributed by atoms with van der Waals surface area (Å²) < 4.78 is 0. The zero-order chi connectivity index (χ0) is 18.9. The summed E-state index contributed by atoms with van der Waals surface area (Å²) in [5.74, 6) is 0.677. The highest BCUT2D eigenvalue weighted by Gasteiger charge is 2.02. The molecule has 3 rings (SSSR count). The van der Waals surface area contributed by atoms with Crippen molar-refractivity contribution in [2.75, 3.05) is 17.3 Å². The molecule has 0 fully saturated rings. The molecule has 7 heteroatoms. The van der Waals surface area contributed by atoms with Crippen molar-refractivity contribution in [3.8, 4) is 17.0 Å². The van der Waals surface area contributed by atoms with Crippen LogP contribution in [0, 0.1) is 6.92 Å². The number of aromatic nitrogens is 2. The maximum atomic E-state index is 10.0. The molecular weight excluding hydrogens is 348 g/mol. The lowest BCUT2D eigenvalue weighted by Crippen LogP contribution is -1.97. The van der Waals surface area contributed by atoms with Crippen LogP contribution in [0.5, 0.6) is 5.75 Å². The van der Waals surface area contributed by atoms with Crippen molar-refractivity contribution in [3.63, 3.8) is 0 Å². The van der Waals surface area contributed by atoms with Gasteiger partial charge in [-0.3, -0.25) is 4.79 Å². The Bertz CT molecular complexity index is 852. The van der Waals surface area contributed by atoms with E-state index in [1.54, 1.807) is 42.2 Å². The molecule has 0 spiro atoms. The van der Waals surface area contributed by atoms with E-state index in [1.165, 1.54) is 4.90 Å². The fourth-order valence-electron chi connectivity index (χ4n) is 2.02. The van der Waals surface area contributed by atoms with E-state index in [2.05, 4.69) is 15.3 Å². The molecule has 1 amide bonds. The van der Waals surface area contributed by atoms with Gasteiger partial charge in [-0.1, -0.05) is 0 Å². The SMILES string of the molecule is CSc1ccc(NC=O)cc1.Cc1nc(-c2ccc(O)cc2)cnc1N. The molecule has 0 saturated heterocycles. The molecule has 0 aliphatic rings. The average Bonchev–Trinajstić information content (AvgIpc) is 2.66. The number of nitrogens with two attached hydrogens (primary N) is 1. The van der Waals surface area contributed by atoms with Crippen LogP contribution >= 0.6 is 11.8 Å². The molecule has 26 heavy (non-hydrogen) atoms. The van der Waals surface area contributed by atoms with Crippen LogP contribution in [-0.4, -0.2) is 27.7 Å². The highest BCUT2D eigenvalue weighted by atomic mass is 32.2. The molecule has 1 aromatic heterocycles. The number of aromatic hydroxyl groups is 1. The number of hydrogen-bond donors (Lipinski definition) is 3. The minimum absolute atomic E-state index is 0.235. The molecule has 0 aliphatic carbocycles. The summed E-state index contributed by atoms with van der Waals surface area (Å²) in [5.41, 5.74) is 8.77. The third kappa shape index (κ3) is 5.49. The monoisotopic (exact) mass is 368 g/mol. The van der Waals surface area contributed by atoms with Gasteiger partial charge in [0.25, 0.3) is 0 Å². The Morgan fingerprint density at radius 3 is 2.31 bits per heavy atom. The largest absolute Gasteiger partial charge is 0.508 e. The lowest BCUT2D eigenvalue weighted by molar-refractivity contribution is -0.105. The van der Waals surface area contributed by atoms with Gasteiger partial charge in [-0.2, -0.15) is 0 Å². The van der Waals surface area contributed by atoms with Crippen LogP contribution in [0.2, 0.25) is 0 Å². The summed E-state index contributed by atoms with van der Waals surface area (Å²) in [7, 11) is 0. The van der Waals surface area contributed by atoms with Crippen molar-refractivity contribution in [2.45, 2.75) is 11.8 Å². The second kappa shape index (κ2) is 9.43. The first-order valence-corrected chi connectivity index (χ1v) is 8.98. The number of hydrogen-bond acceptors (Lipinski definition) is 6. The van der Waals surface area contributed by atoms with Crippen LogP contribution in [0.3, 0.4) is 0 Å². The van der Waals surface area contributed by atoms with Crippen LogP contribution in [-0.2, 0) is 4.79 Å². The number of nitrogens with zero attached hydrogens (tertiary/aromatic N) is 2. The normalized spacial score (nSPS) is 9.77. The van der Waals surface area contributed by atoms with E-state index in [9.17, 15) is 4.79 Å². The van der Waals surface area contributed by atoms with Crippen LogP contribution in [0.4, 0.5) is 11.5 Å². The molecule has 6 nitrogen and oxygen atoms in total. The number of nitrogen functional groups attached to an aromatic ring is 1. The number of phenols is 1. The highest BCUT2D eigenvalue weighted by molar-refractivity contribution is 7.98. The van der Waals surface area contributed by atoms with Crippen molar-refractivity contribution in [1.82, 2.24) is 9.97 Å². The zero-order valence-corrected chi connectivity index (χ0v) is 15.3. The molecule has 0 saturated carbocycles. The number of nitrogens with one attached hydrogen (secondary N) is 1. The van der Waals surface area contributed by atoms with Gasteiger partial charge in [0, 0.05) is 16.1 Å². The minimum atomic E-state index is 0.235. The fourth-order valence-corrected chi connectivity index (χ4v) is 2.43. The number of thioether (sulfide) groups is 1. The Labute approximate surface area is 156 Å². The summed E-state index contributed by atoms with van der Waals surface area (Å²) in [6.45, 7) is 1.81. The number of amides is 1. The van der Waals surface area contributed by atoms with Gasteiger partial charge in [-0.15, -0.1) is 11.8 Å². The van der Waals surface area contributed by atoms with E-state index >= 15 is 0 Å². The van der Waals surface area contributed by atoms with Gasteiger partial charge >= 0.3 is 0 Å². The fraction of sp³-hybridized carbons (Fsp3) is 0.105. The Balaban J connectivity index is 0.000000197. The maximum Gasteiger partial charge on any atom is 0.211 e. The van der Waals surface area contributed by atoms with Crippen molar-refractivity contribution >= 4 is 29.7 Å². The first-order valence-electron chi connectivity index (χ1n) is 7.76. The maximum absolute atomic E-state index is 10.0. The molecule has 0 radical (unpaired) electrons. The number of benzene rings is 2. The Morgan fingerprint density at radius 1 is 1.12 bits per heavy atom. The van der Waals surface area contributed by atoms with Gasteiger partial charge in [0.05, 0.1) is 17.6 Å². The van der Waals surface area contributed by atoms with Crippen LogP contribution in [0.15, 0.2) is 59.6 Å². The van der Waals surface area contributed by atoms with Crippen molar-refractivity contribution in [2.24, 2.45) is 0 Å². The summed E-state index contributed by atoms with van der Waals surface area (Å²) in [4.78, 5) is 19.5. The second-order valence-electron chi connectivity index (χ2n) is 5.26. The third-order valence-electron chi connectivity index (χ3n) is 3.46. The molecule has 0 unspecified atom stereocenters. The molecule has 0 atom stereocenters. The first-order chi connectivity index (χ1) is 12.5. The van der Waals surface area contributed by atoms with Crippen LogP contribution in [0.1, 0.15) is 5.69 Å². The smallest absolute Gasteiger partial charge is 0.211 e. The van der Waals surface area contributed by atoms with E-state index in [0.29, 0.717) is 17.9 Å². The quantitative estimate of drug-likeness (QED) is 0.479. The first kappa shape index (κ1) is 19.3. The number of aryl methyl sites for hydroxylation is 1. The van der Waals surface area contributed by atoms with Gasteiger partial charge in [-0.05, 0) is 61.7 Å². The number of carbonyl (C=O) groups is 1. The molecule has 3 aromatic rings. The average molecular weight is 368 g/mol. The highest BCUT2D eigenvalue weighted by Crippen LogP contribution is 2.20. The molecule has 4 N–H and O–H groups in total.